The van der Waals surface area contributed by atoms with E-state index in [-0.39, 0.29) is 35.8 Å². The van der Waals surface area contributed by atoms with E-state index in [1.807, 2.05) is 16.8 Å². The maximum Gasteiger partial charge on any atom is 0.262 e. The summed E-state index contributed by atoms with van der Waals surface area (Å²) in [5, 5.41) is 8.01. The number of amides is 1. The number of nitrogens with two attached hydrogens (primary N) is 1. The summed E-state index contributed by atoms with van der Waals surface area (Å²) >= 11 is 0. The first kappa shape index (κ1) is 17.8. The molecule has 0 spiro atoms. The highest BCUT2D eigenvalue weighted by Gasteiger charge is 2.29. The van der Waals surface area contributed by atoms with Gasteiger partial charge in [-0.3, -0.25) is 4.79 Å². The molecule has 1 amide bonds. The molecule has 2 aromatic carbocycles. The Labute approximate surface area is 175 Å². The van der Waals surface area contributed by atoms with Gasteiger partial charge in [0.15, 0.2) is 23.8 Å². The topological polar surface area (TPSA) is 108 Å². The molecule has 2 aromatic heterocycles. The first-order valence-corrected chi connectivity index (χ1v) is 9.90. The SMILES string of the molecule is Nc1ncnc2c1c(-c1cc(F)c3c(c1)NC(=O)CO3)nn2C1Cc2ccccc2C1. The van der Waals surface area contributed by atoms with Crippen LogP contribution in [0.3, 0.4) is 0 Å². The third-order valence-electron chi connectivity index (χ3n) is 5.83. The van der Waals surface area contributed by atoms with Crippen LogP contribution < -0.4 is 15.8 Å². The summed E-state index contributed by atoms with van der Waals surface area (Å²) in [6.45, 7) is -0.218. The molecule has 2 aliphatic rings. The van der Waals surface area contributed by atoms with Gasteiger partial charge in [-0.15, -0.1) is 0 Å². The standard InChI is InChI=1S/C22H17FN6O2/c23-15-7-13(8-16-20(15)31-9-17(30)27-16)19-18-21(24)25-10-26-22(18)29(28-19)14-5-11-3-1-2-4-12(11)6-14/h1-4,7-8,10,14H,5-6,9H2,(H,27,30)(H2,24,25,26). The number of ether oxygens (including phenoxy) is 1. The van der Waals surface area contributed by atoms with Crippen LogP contribution in [0.5, 0.6) is 5.75 Å². The Bertz CT molecular complexity index is 1360. The Morgan fingerprint density at radius 2 is 1.94 bits per heavy atom. The van der Waals surface area contributed by atoms with E-state index in [1.165, 1.54) is 23.5 Å². The number of halogens is 1. The van der Waals surface area contributed by atoms with Crippen molar-refractivity contribution in [2.24, 2.45) is 0 Å². The van der Waals surface area contributed by atoms with Gasteiger partial charge in [0.2, 0.25) is 0 Å². The van der Waals surface area contributed by atoms with Crippen LogP contribution in [-0.4, -0.2) is 32.3 Å². The van der Waals surface area contributed by atoms with Crippen molar-refractivity contribution in [2.75, 3.05) is 17.7 Å². The van der Waals surface area contributed by atoms with E-state index in [2.05, 4.69) is 27.4 Å². The summed E-state index contributed by atoms with van der Waals surface area (Å²) in [6, 6.07) is 11.3. The van der Waals surface area contributed by atoms with Gasteiger partial charge in [0.1, 0.15) is 17.8 Å². The summed E-state index contributed by atoms with van der Waals surface area (Å²) in [6.07, 6.45) is 3.04. The molecule has 3 heterocycles. The minimum atomic E-state index is -0.584. The average molecular weight is 416 g/mol. The predicted octanol–water partition coefficient (Wildman–Crippen LogP) is 2.89. The number of carbonyl (C=O) groups is 1. The number of hydrogen-bond acceptors (Lipinski definition) is 6. The van der Waals surface area contributed by atoms with Crippen molar-refractivity contribution in [1.82, 2.24) is 19.7 Å². The Morgan fingerprint density at radius 3 is 2.71 bits per heavy atom. The van der Waals surface area contributed by atoms with E-state index in [4.69, 9.17) is 15.6 Å². The number of rotatable bonds is 2. The number of benzene rings is 2. The first-order chi connectivity index (χ1) is 15.1. The number of nitrogen functional groups attached to an aromatic ring is 1. The van der Waals surface area contributed by atoms with E-state index in [0.29, 0.717) is 22.3 Å². The zero-order chi connectivity index (χ0) is 21.1. The van der Waals surface area contributed by atoms with Crippen molar-refractivity contribution in [3.8, 4) is 17.0 Å². The summed E-state index contributed by atoms with van der Waals surface area (Å²) in [5.41, 5.74) is 10.5. The monoisotopic (exact) mass is 416 g/mol. The molecule has 31 heavy (non-hydrogen) atoms. The highest BCUT2D eigenvalue weighted by atomic mass is 19.1. The molecule has 9 heteroatoms. The number of hydrogen-bond donors (Lipinski definition) is 2. The van der Waals surface area contributed by atoms with E-state index < -0.39 is 5.82 Å². The minimum absolute atomic E-state index is 0.0163. The number of anilines is 2. The quantitative estimate of drug-likeness (QED) is 0.520. The Morgan fingerprint density at radius 1 is 1.16 bits per heavy atom. The highest BCUT2D eigenvalue weighted by Crippen LogP contribution is 2.40. The molecule has 0 saturated heterocycles. The molecule has 0 radical (unpaired) electrons. The summed E-state index contributed by atoms with van der Waals surface area (Å²) in [4.78, 5) is 20.3. The largest absolute Gasteiger partial charge is 0.478 e. The van der Waals surface area contributed by atoms with Crippen molar-refractivity contribution >= 4 is 28.4 Å². The van der Waals surface area contributed by atoms with Crippen molar-refractivity contribution < 1.29 is 13.9 Å². The molecular weight excluding hydrogens is 399 g/mol. The van der Waals surface area contributed by atoms with Gasteiger partial charge in [0.05, 0.1) is 17.1 Å². The molecule has 0 unspecified atom stereocenters. The second-order valence-corrected chi connectivity index (χ2v) is 7.75. The first-order valence-electron chi connectivity index (χ1n) is 9.90. The van der Waals surface area contributed by atoms with Crippen LogP contribution in [0.15, 0.2) is 42.7 Å². The van der Waals surface area contributed by atoms with Crippen molar-refractivity contribution in [3.63, 3.8) is 0 Å². The third kappa shape index (κ3) is 2.73. The second-order valence-electron chi connectivity index (χ2n) is 7.75. The van der Waals surface area contributed by atoms with Crippen molar-refractivity contribution in [1.29, 1.82) is 0 Å². The molecule has 3 N–H and O–H groups in total. The summed E-state index contributed by atoms with van der Waals surface area (Å²) < 4.78 is 21.8. The maximum atomic E-state index is 14.8. The number of carbonyl (C=O) groups excluding carboxylic acids is 1. The van der Waals surface area contributed by atoms with Gasteiger partial charge in [0.25, 0.3) is 5.91 Å². The van der Waals surface area contributed by atoms with Crippen LogP contribution in [0.2, 0.25) is 0 Å². The number of fused-ring (bicyclic) bond motifs is 3. The third-order valence-corrected chi connectivity index (χ3v) is 5.83. The molecule has 1 aliphatic carbocycles. The molecule has 4 aromatic rings. The van der Waals surface area contributed by atoms with Crippen LogP contribution in [0.4, 0.5) is 15.9 Å². The Kier molecular flexibility index (Phi) is 3.73. The zero-order valence-electron chi connectivity index (χ0n) is 16.3. The lowest BCUT2D eigenvalue weighted by atomic mass is 10.1. The fraction of sp³-hybridized carbons (Fsp3) is 0.182. The fourth-order valence-electron chi connectivity index (χ4n) is 4.45. The summed E-state index contributed by atoms with van der Waals surface area (Å²) in [5.74, 6) is -0.646. The van der Waals surface area contributed by atoms with Gasteiger partial charge in [-0.2, -0.15) is 5.10 Å². The molecular formula is C22H17FN6O2. The maximum absolute atomic E-state index is 14.8. The van der Waals surface area contributed by atoms with Gasteiger partial charge < -0.3 is 15.8 Å². The van der Waals surface area contributed by atoms with E-state index in [1.54, 1.807) is 6.07 Å². The molecule has 0 atom stereocenters. The van der Waals surface area contributed by atoms with E-state index in [0.717, 1.165) is 12.8 Å². The van der Waals surface area contributed by atoms with Crippen LogP contribution in [0.25, 0.3) is 22.3 Å². The van der Waals surface area contributed by atoms with Gasteiger partial charge >= 0.3 is 0 Å². The highest BCUT2D eigenvalue weighted by molar-refractivity contribution is 6.01. The van der Waals surface area contributed by atoms with Gasteiger partial charge in [-0.1, -0.05) is 24.3 Å². The molecule has 0 saturated carbocycles. The van der Waals surface area contributed by atoms with Gasteiger partial charge in [-0.05, 0) is 36.1 Å². The molecule has 8 nitrogen and oxygen atoms in total. The van der Waals surface area contributed by atoms with Crippen LogP contribution in [0.1, 0.15) is 17.2 Å². The Balaban J connectivity index is 1.52. The molecule has 0 bridgehead atoms. The molecule has 1 aliphatic heterocycles. The smallest absolute Gasteiger partial charge is 0.262 e. The van der Waals surface area contributed by atoms with Gasteiger partial charge in [0, 0.05) is 5.56 Å². The Hall–Kier alpha value is -4.01. The average Bonchev–Trinajstić information content (AvgIpc) is 3.35. The van der Waals surface area contributed by atoms with E-state index >= 15 is 0 Å². The van der Waals surface area contributed by atoms with Crippen LogP contribution >= 0.6 is 0 Å². The van der Waals surface area contributed by atoms with Crippen molar-refractivity contribution in [3.05, 3.63) is 59.7 Å². The predicted molar refractivity (Wildman–Crippen MR) is 112 cm³/mol. The minimum Gasteiger partial charge on any atom is -0.478 e. The normalized spacial score (nSPS) is 15.5. The lowest BCUT2D eigenvalue weighted by Gasteiger charge is -2.19. The molecule has 6 rings (SSSR count). The number of nitrogens with one attached hydrogen (secondary N) is 1. The van der Waals surface area contributed by atoms with E-state index in [9.17, 15) is 9.18 Å². The van der Waals surface area contributed by atoms with Crippen LogP contribution in [-0.2, 0) is 17.6 Å². The fourth-order valence-corrected chi connectivity index (χ4v) is 4.45. The van der Waals surface area contributed by atoms with Crippen molar-refractivity contribution in [2.45, 2.75) is 18.9 Å². The molecule has 154 valence electrons. The number of aromatic nitrogens is 4. The lowest BCUT2D eigenvalue weighted by molar-refractivity contribution is -0.118. The summed E-state index contributed by atoms with van der Waals surface area (Å²) in [7, 11) is 0. The lowest BCUT2D eigenvalue weighted by Crippen LogP contribution is -2.26. The second kappa shape index (κ2) is 6.49. The molecule has 0 fully saturated rings. The van der Waals surface area contributed by atoms with Gasteiger partial charge in [-0.25, -0.2) is 19.0 Å². The number of nitrogens with zero attached hydrogens (tertiary/aromatic N) is 4. The zero-order valence-corrected chi connectivity index (χ0v) is 16.3. The van der Waals surface area contributed by atoms with Crippen LogP contribution in [0, 0.1) is 5.82 Å².